The zero-order chi connectivity index (χ0) is 16.3. The quantitative estimate of drug-likeness (QED) is 0.677. The first-order valence-corrected chi connectivity index (χ1v) is 8.11. The Labute approximate surface area is 134 Å². The number of aliphatic hydroxyl groups is 1. The molecule has 0 atom stereocenters. The Kier molecular flexibility index (Phi) is 4.84. The number of benzene rings is 2. The zero-order valence-corrected chi connectivity index (χ0v) is 13.6. The Morgan fingerprint density at radius 2 is 1.27 bits per heavy atom. The Morgan fingerprint density at radius 3 is 1.68 bits per heavy atom. The summed E-state index contributed by atoms with van der Waals surface area (Å²) in [6, 6.07) is 13.8. The predicted molar refractivity (Wildman–Crippen MR) is 88.7 cm³/mol. The van der Waals surface area contributed by atoms with E-state index in [4.69, 9.17) is 0 Å². The van der Waals surface area contributed by atoms with Gasteiger partial charge in [0.15, 0.2) is 11.6 Å². The van der Waals surface area contributed by atoms with Crippen molar-refractivity contribution in [2.75, 3.05) is 6.26 Å². The number of Topliss-reactive ketones (excluding diaryl/α,β-unsaturated/α-hetero) is 1. The average Bonchev–Trinajstić information content (AvgIpc) is 2.53. The van der Waals surface area contributed by atoms with Gasteiger partial charge in [0.2, 0.25) is 0 Å². The van der Waals surface area contributed by atoms with E-state index in [9.17, 15) is 14.7 Å². The molecule has 0 fully saturated rings. The second-order valence-electron chi connectivity index (χ2n) is 5.52. The molecule has 0 aliphatic heterocycles. The minimum absolute atomic E-state index is 0.0880. The standard InChI is InChI=1S/C18H18O3S/c1-18(2,21)17(20)14-6-4-12(5-7-14)16(19)13-8-10-15(22-3)11-9-13/h4-11,21H,1-3H3. The Balaban J connectivity index is 2.22. The predicted octanol–water partition coefficient (Wildman–Crippen LogP) is 3.59. The lowest BCUT2D eigenvalue weighted by Crippen LogP contribution is -2.31. The van der Waals surface area contributed by atoms with Crippen molar-refractivity contribution >= 4 is 23.3 Å². The van der Waals surface area contributed by atoms with Crippen LogP contribution < -0.4 is 0 Å². The van der Waals surface area contributed by atoms with Crippen LogP contribution in [0.2, 0.25) is 0 Å². The van der Waals surface area contributed by atoms with Crippen LogP contribution in [0.1, 0.15) is 40.1 Å². The molecule has 0 saturated carbocycles. The number of carbonyl (C=O) groups excluding carboxylic acids is 2. The van der Waals surface area contributed by atoms with Gasteiger partial charge in [-0.25, -0.2) is 0 Å². The van der Waals surface area contributed by atoms with Crippen LogP contribution in [0.25, 0.3) is 0 Å². The molecule has 22 heavy (non-hydrogen) atoms. The second kappa shape index (κ2) is 6.46. The van der Waals surface area contributed by atoms with E-state index in [-0.39, 0.29) is 11.6 Å². The van der Waals surface area contributed by atoms with Gasteiger partial charge in [0.1, 0.15) is 5.60 Å². The van der Waals surface area contributed by atoms with Gasteiger partial charge < -0.3 is 5.11 Å². The summed E-state index contributed by atoms with van der Waals surface area (Å²) >= 11 is 1.62. The second-order valence-corrected chi connectivity index (χ2v) is 6.40. The van der Waals surface area contributed by atoms with Crippen LogP contribution in [0.3, 0.4) is 0 Å². The molecular formula is C18H18O3S. The molecule has 0 amide bonds. The van der Waals surface area contributed by atoms with Crippen molar-refractivity contribution in [2.45, 2.75) is 24.3 Å². The number of thioether (sulfide) groups is 1. The van der Waals surface area contributed by atoms with Crippen molar-refractivity contribution in [1.82, 2.24) is 0 Å². The summed E-state index contributed by atoms with van der Waals surface area (Å²) in [6.07, 6.45) is 1.98. The van der Waals surface area contributed by atoms with E-state index in [1.54, 1.807) is 48.2 Å². The normalized spacial score (nSPS) is 11.3. The molecule has 2 rings (SSSR count). The van der Waals surface area contributed by atoms with E-state index in [2.05, 4.69) is 0 Å². The Bertz CT molecular complexity index is 680. The molecule has 0 unspecified atom stereocenters. The molecule has 0 saturated heterocycles. The molecule has 0 aromatic heterocycles. The molecule has 0 spiro atoms. The van der Waals surface area contributed by atoms with Gasteiger partial charge in [-0.3, -0.25) is 9.59 Å². The monoisotopic (exact) mass is 314 g/mol. The molecule has 2 aromatic rings. The highest BCUT2D eigenvalue weighted by Crippen LogP contribution is 2.18. The van der Waals surface area contributed by atoms with E-state index < -0.39 is 5.60 Å². The van der Waals surface area contributed by atoms with Gasteiger partial charge in [-0.1, -0.05) is 24.3 Å². The van der Waals surface area contributed by atoms with E-state index in [1.165, 1.54) is 13.8 Å². The molecule has 4 heteroatoms. The number of ketones is 2. The summed E-state index contributed by atoms with van der Waals surface area (Å²) in [6.45, 7) is 2.89. The first-order valence-electron chi connectivity index (χ1n) is 6.89. The molecule has 0 radical (unpaired) electrons. The highest BCUT2D eigenvalue weighted by atomic mass is 32.2. The maximum atomic E-state index is 12.4. The minimum atomic E-state index is -1.42. The summed E-state index contributed by atoms with van der Waals surface area (Å²) in [7, 11) is 0. The van der Waals surface area contributed by atoms with Crippen LogP contribution in [-0.4, -0.2) is 28.5 Å². The van der Waals surface area contributed by atoms with Gasteiger partial charge >= 0.3 is 0 Å². The summed E-state index contributed by atoms with van der Waals surface area (Å²) in [5.74, 6) is -0.453. The smallest absolute Gasteiger partial charge is 0.193 e. The van der Waals surface area contributed by atoms with Crippen molar-refractivity contribution in [3.63, 3.8) is 0 Å². The first kappa shape index (κ1) is 16.5. The Morgan fingerprint density at radius 1 is 0.864 bits per heavy atom. The number of hydrogen-bond acceptors (Lipinski definition) is 4. The van der Waals surface area contributed by atoms with Gasteiger partial charge in [-0.05, 0) is 44.4 Å². The average molecular weight is 314 g/mol. The van der Waals surface area contributed by atoms with Crippen LogP contribution in [-0.2, 0) is 0 Å². The van der Waals surface area contributed by atoms with Crippen molar-refractivity contribution in [2.24, 2.45) is 0 Å². The maximum absolute atomic E-state index is 12.4. The third-order valence-electron chi connectivity index (χ3n) is 3.32. The lowest BCUT2D eigenvalue weighted by molar-refractivity contribution is 0.0488. The largest absolute Gasteiger partial charge is 0.382 e. The summed E-state index contributed by atoms with van der Waals surface area (Å²) in [5, 5.41) is 9.73. The molecule has 0 aliphatic carbocycles. The van der Waals surface area contributed by atoms with Crippen LogP contribution in [0.15, 0.2) is 53.4 Å². The van der Waals surface area contributed by atoms with Crippen molar-refractivity contribution in [3.05, 3.63) is 65.2 Å². The molecule has 0 bridgehead atoms. The molecule has 3 nitrogen and oxygen atoms in total. The van der Waals surface area contributed by atoms with E-state index in [0.29, 0.717) is 16.7 Å². The fourth-order valence-electron chi connectivity index (χ4n) is 2.04. The van der Waals surface area contributed by atoms with Crippen molar-refractivity contribution in [1.29, 1.82) is 0 Å². The fourth-order valence-corrected chi connectivity index (χ4v) is 2.44. The lowest BCUT2D eigenvalue weighted by atomic mass is 9.95. The molecule has 114 valence electrons. The lowest BCUT2D eigenvalue weighted by Gasteiger charge is -2.15. The van der Waals surface area contributed by atoms with E-state index >= 15 is 0 Å². The van der Waals surface area contributed by atoms with Crippen LogP contribution in [0.5, 0.6) is 0 Å². The van der Waals surface area contributed by atoms with E-state index in [1.807, 2.05) is 18.4 Å². The number of hydrogen-bond donors (Lipinski definition) is 1. The molecule has 1 N–H and O–H groups in total. The summed E-state index contributed by atoms with van der Waals surface area (Å²) < 4.78 is 0. The molecule has 2 aromatic carbocycles. The maximum Gasteiger partial charge on any atom is 0.193 e. The SMILES string of the molecule is CSc1ccc(C(=O)c2ccc(C(=O)C(C)(C)O)cc2)cc1. The van der Waals surface area contributed by atoms with Crippen molar-refractivity contribution in [3.8, 4) is 0 Å². The van der Waals surface area contributed by atoms with Crippen LogP contribution in [0.4, 0.5) is 0 Å². The zero-order valence-electron chi connectivity index (χ0n) is 12.8. The third kappa shape index (κ3) is 3.64. The van der Waals surface area contributed by atoms with Gasteiger partial charge in [-0.15, -0.1) is 11.8 Å². The van der Waals surface area contributed by atoms with Gasteiger partial charge in [0.25, 0.3) is 0 Å². The van der Waals surface area contributed by atoms with E-state index in [0.717, 1.165) is 4.90 Å². The highest BCUT2D eigenvalue weighted by Gasteiger charge is 2.25. The minimum Gasteiger partial charge on any atom is -0.382 e. The highest BCUT2D eigenvalue weighted by molar-refractivity contribution is 7.98. The number of carbonyl (C=O) groups is 2. The third-order valence-corrected chi connectivity index (χ3v) is 4.06. The number of rotatable bonds is 5. The fraction of sp³-hybridized carbons (Fsp3) is 0.222. The summed E-state index contributed by atoms with van der Waals surface area (Å²) in [5.41, 5.74) is 0.101. The van der Waals surface area contributed by atoms with Crippen molar-refractivity contribution < 1.29 is 14.7 Å². The molecule has 0 aliphatic rings. The van der Waals surface area contributed by atoms with Gasteiger partial charge in [0.05, 0.1) is 0 Å². The molecular weight excluding hydrogens is 296 g/mol. The molecule has 0 heterocycles. The van der Waals surface area contributed by atoms with Crippen LogP contribution >= 0.6 is 11.8 Å². The summed E-state index contributed by atoms with van der Waals surface area (Å²) in [4.78, 5) is 25.4. The van der Waals surface area contributed by atoms with Gasteiger partial charge in [0, 0.05) is 21.6 Å². The van der Waals surface area contributed by atoms with Gasteiger partial charge in [-0.2, -0.15) is 0 Å². The van der Waals surface area contributed by atoms with Crippen LogP contribution in [0, 0.1) is 0 Å². The first-order chi connectivity index (χ1) is 10.3. The Hall–Kier alpha value is -1.91. The topological polar surface area (TPSA) is 54.4 Å².